The van der Waals surface area contributed by atoms with Crippen molar-refractivity contribution >= 4 is 12.1 Å². The zero-order valence-electron chi connectivity index (χ0n) is 20.7. The molecule has 184 valence electrons. The van der Waals surface area contributed by atoms with E-state index in [1.165, 1.54) is 0 Å². The third-order valence-corrected chi connectivity index (χ3v) is 8.50. The molecule has 4 aliphatic carbocycles. The molecular formula is C27H32N4O4. The largest absolute Gasteiger partial charge is 0.506 e. The Morgan fingerprint density at radius 3 is 2.37 bits per heavy atom. The minimum absolute atomic E-state index is 0.0267. The third-order valence-electron chi connectivity index (χ3n) is 8.50. The lowest BCUT2D eigenvalue weighted by Gasteiger charge is -2.59. The fourth-order valence-electron chi connectivity index (χ4n) is 7.24. The first-order valence-electron chi connectivity index (χ1n) is 12.3. The Hall–Kier alpha value is -3.34. The number of hydrogen-bond donors (Lipinski definition) is 2. The number of rotatable bonds is 5. The van der Waals surface area contributed by atoms with E-state index in [1.54, 1.807) is 16.8 Å². The number of aromatic nitrogens is 2. The normalized spacial score (nSPS) is 29.0. The van der Waals surface area contributed by atoms with Gasteiger partial charge in [0.1, 0.15) is 11.1 Å². The van der Waals surface area contributed by atoms with Crippen molar-refractivity contribution in [3.05, 3.63) is 41.2 Å². The van der Waals surface area contributed by atoms with E-state index in [4.69, 9.17) is 15.1 Å². The van der Waals surface area contributed by atoms with Crippen LogP contribution in [0.3, 0.4) is 0 Å². The predicted octanol–water partition coefficient (Wildman–Crippen LogP) is 4.53. The fraction of sp³-hybridized carbons (Fsp3) is 0.556. The standard InChI is InChI=1S/C27H32N4O4/c1-15-22(19-7-5-17(14-28)6-8-19)16(2)31(30-15)26(3,4)24(32)29-23-20-9-18-10-21(23)13-27(11-18,12-20)35-25(33)34/h5-8,18,20-21,23H,9-13H2,1-4H3,(H,29,32)(H,33,34). The lowest BCUT2D eigenvalue weighted by Crippen LogP contribution is -2.64. The first-order valence-corrected chi connectivity index (χ1v) is 12.3. The van der Waals surface area contributed by atoms with Gasteiger partial charge in [0.05, 0.1) is 17.3 Å². The van der Waals surface area contributed by atoms with E-state index >= 15 is 0 Å². The van der Waals surface area contributed by atoms with E-state index in [0.717, 1.165) is 41.8 Å². The average molecular weight is 477 g/mol. The molecule has 35 heavy (non-hydrogen) atoms. The zero-order valence-corrected chi connectivity index (χ0v) is 20.7. The maximum atomic E-state index is 13.7. The topological polar surface area (TPSA) is 117 Å². The Morgan fingerprint density at radius 1 is 1.17 bits per heavy atom. The van der Waals surface area contributed by atoms with Gasteiger partial charge < -0.3 is 15.2 Å². The second-order valence-corrected chi connectivity index (χ2v) is 11.2. The number of aryl methyl sites for hydroxylation is 1. The van der Waals surface area contributed by atoms with Crippen LogP contribution in [0.25, 0.3) is 11.1 Å². The Bertz CT molecular complexity index is 1210. The van der Waals surface area contributed by atoms with Gasteiger partial charge in [0.25, 0.3) is 0 Å². The summed E-state index contributed by atoms with van der Waals surface area (Å²) in [6.07, 6.45) is 2.99. The van der Waals surface area contributed by atoms with E-state index in [-0.39, 0.29) is 23.8 Å². The molecule has 4 bridgehead atoms. The van der Waals surface area contributed by atoms with Crippen LogP contribution in [0, 0.1) is 42.9 Å². The molecule has 8 heteroatoms. The molecule has 4 aliphatic rings. The predicted molar refractivity (Wildman–Crippen MR) is 129 cm³/mol. The van der Waals surface area contributed by atoms with Gasteiger partial charge in [-0.2, -0.15) is 10.4 Å². The first kappa shape index (κ1) is 23.4. The molecule has 1 aromatic heterocycles. The summed E-state index contributed by atoms with van der Waals surface area (Å²) in [5.41, 5.74) is 2.77. The highest BCUT2D eigenvalue weighted by molar-refractivity contribution is 5.84. The van der Waals surface area contributed by atoms with Gasteiger partial charge in [-0.05, 0) is 95.2 Å². The third kappa shape index (κ3) is 3.87. The van der Waals surface area contributed by atoms with Crippen LogP contribution in [-0.4, -0.2) is 38.6 Å². The van der Waals surface area contributed by atoms with Gasteiger partial charge in [-0.1, -0.05) is 12.1 Å². The van der Waals surface area contributed by atoms with E-state index in [1.807, 2.05) is 39.8 Å². The highest BCUT2D eigenvalue weighted by atomic mass is 16.7. The molecular weight excluding hydrogens is 444 g/mol. The Kier molecular flexibility index (Phi) is 5.42. The van der Waals surface area contributed by atoms with Gasteiger partial charge in [-0.15, -0.1) is 0 Å². The smallest absolute Gasteiger partial charge is 0.450 e. The van der Waals surface area contributed by atoms with Crippen LogP contribution in [0.1, 0.15) is 62.9 Å². The molecule has 0 saturated heterocycles. The maximum absolute atomic E-state index is 13.7. The highest BCUT2D eigenvalue weighted by Crippen LogP contribution is 2.57. The second kappa shape index (κ2) is 8.11. The monoisotopic (exact) mass is 476 g/mol. The summed E-state index contributed by atoms with van der Waals surface area (Å²) in [5.74, 6) is 0.851. The van der Waals surface area contributed by atoms with Crippen molar-refractivity contribution in [2.24, 2.45) is 17.8 Å². The lowest BCUT2D eigenvalue weighted by atomic mass is 9.52. The van der Waals surface area contributed by atoms with Gasteiger partial charge in [-0.25, -0.2) is 4.79 Å². The zero-order chi connectivity index (χ0) is 25.1. The molecule has 0 radical (unpaired) electrons. The number of benzene rings is 1. The van der Waals surface area contributed by atoms with Crippen LogP contribution >= 0.6 is 0 Å². The summed E-state index contributed by atoms with van der Waals surface area (Å²) < 4.78 is 7.20. The molecule has 0 spiro atoms. The van der Waals surface area contributed by atoms with Crippen molar-refractivity contribution in [2.45, 2.75) is 77.0 Å². The fourth-order valence-corrected chi connectivity index (χ4v) is 7.24. The first-order chi connectivity index (χ1) is 16.5. The minimum Gasteiger partial charge on any atom is -0.450 e. The number of carbonyl (C=O) groups excluding carboxylic acids is 1. The van der Waals surface area contributed by atoms with Crippen LogP contribution in [0.2, 0.25) is 0 Å². The van der Waals surface area contributed by atoms with Crippen LogP contribution in [-0.2, 0) is 15.1 Å². The molecule has 6 rings (SSSR count). The highest BCUT2D eigenvalue weighted by Gasteiger charge is 2.58. The Labute approximate surface area is 205 Å². The molecule has 2 unspecified atom stereocenters. The number of hydrogen-bond acceptors (Lipinski definition) is 5. The van der Waals surface area contributed by atoms with Crippen molar-refractivity contribution in [3.63, 3.8) is 0 Å². The molecule has 2 aromatic rings. The molecule has 1 heterocycles. The average Bonchev–Trinajstić information content (AvgIpc) is 3.09. The molecule has 8 nitrogen and oxygen atoms in total. The summed E-state index contributed by atoms with van der Waals surface area (Å²) in [7, 11) is 0. The molecule has 1 amide bonds. The van der Waals surface area contributed by atoms with Crippen LogP contribution in [0.5, 0.6) is 0 Å². The van der Waals surface area contributed by atoms with E-state index in [9.17, 15) is 14.7 Å². The number of nitrogens with zero attached hydrogens (tertiary/aromatic N) is 3. The number of carbonyl (C=O) groups is 2. The van der Waals surface area contributed by atoms with Crippen molar-refractivity contribution in [1.82, 2.24) is 15.1 Å². The number of carboxylic acid groups (broad SMARTS) is 1. The molecule has 4 saturated carbocycles. The minimum atomic E-state index is -1.20. The van der Waals surface area contributed by atoms with E-state index < -0.39 is 17.3 Å². The summed E-state index contributed by atoms with van der Waals surface area (Å²) in [4.78, 5) is 25.0. The quantitative estimate of drug-likeness (QED) is 0.612. The maximum Gasteiger partial charge on any atom is 0.506 e. The second-order valence-electron chi connectivity index (χ2n) is 11.2. The van der Waals surface area contributed by atoms with Gasteiger partial charge in [0, 0.05) is 17.3 Å². The molecule has 4 fully saturated rings. The van der Waals surface area contributed by atoms with Gasteiger partial charge in [-0.3, -0.25) is 9.48 Å². The molecule has 2 atom stereocenters. The van der Waals surface area contributed by atoms with E-state index in [0.29, 0.717) is 24.3 Å². The van der Waals surface area contributed by atoms with Gasteiger partial charge in [0.15, 0.2) is 0 Å². The number of amides is 1. The summed E-state index contributed by atoms with van der Waals surface area (Å²) in [6.45, 7) is 7.67. The summed E-state index contributed by atoms with van der Waals surface area (Å²) in [5, 5.41) is 26.5. The number of nitriles is 1. The lowest BCUT2D eigenvalue weighted by molar-refractivity contribution is -0.156. The van der Waals surface area contributed by atoms with Crippen LogP contribution in [0.15, 0.2) is 24.3 Å². The molecule has 2 N–H and O–H groups in total. The van der Waals surface area contributed by atoms with Crippen molar-refractivity contribution in [1.29, 1.82) is 5.26 Å². The van der Waals surface area contributed by atoms with Crippen molar-refractivity contribution < 1.29 is 19.4 Å². The van der Waals surface area contributed by atoms with Gasteiger partial charge >= 0.3 is 6.16 Å². The van der Waals surface area contributed by atoms with Crippen molar-refractivity contribution in [3.8, 4) is 17.2 Å². The molecule has 1 aromatic carbocycles. The Balaban J connectivity index is 1.37. The van der Waals surface area contributed by atoms with Gasteiger partial charge in [0.2, 0.25) is 5.91 Å². The molecule has 0 aliphatic heterocycles. The number of ether oxygens (including phenoxy) is 1. The van der Waals surface area contributed by atoms with Crippen molar-refractivity contribution in [2.75, 3.05) is 0 Å². The van der Waals surface area contributed by atoms with E-state index in [2.05, 4.69) is 11.4 Å². The summed E-state index contributed by atoms with van der Waals surface area (Å²) >= 11 is 0. The SMILES string of the molecule is Cc1nn(C(C)(C)C(=O)NC2C3CC4CC2CC(OC(=O)O)(C4)C3)c(C)c1-c1ccc(C#N)cc1. The number of nitrogens with one attached hydrogen (secondary N) is 1. The van der Waals surface area contributed by atoms with Crippen LogP contribution < -0.4 is 5.32 Å². The Morgan fingerprint density at radius 2 is 1.80 bits per heavy atom. The van der Waals surface area contributed by atoms with Crippen LogP contribution in [0.4, 0.5) is 4.79 Å². The summed E-state index contributed by atoms with van der Waals surface area (Å²) in [6, 6.07) is 9.57.